The molecule has 0 aromatic heterocycles. The first kappa shape index (κ1) is 13.4. The first-order chi connectivity index (χ1) is 8.69. The highest BCUT2D eigenvalue weighted by molar-refractivity contribution is 6.17. The van der Waals surface area contributed by atoms with Gasteiger partial charge in [0.1, 0.15) is 6.10 Å². The first-order valence-corrected chi connectivity index (χ1v) is 6.83. The molecule has 18 heavy (non-hydrogen) atoms. The van der Waals surface area contributed by atoms with Crippen LogP contribution in [0.2, 0.25) is 0 Å². The van der Waals surface area contributed by atoms with Crippen molar-refractivity contribution in [3.05, 3.63) is 29.8 Å². The number of carbonyl (C=O) groups is 1. The molecule has 1 aliphatic heterocycles. The maximum atomic E-state index is 11.9. The molecule has 3 nitrogen and oxygen atoms in total. The lowest BCUT2D eigenvalue weighted by molar-refractivity contribution is -0.126. The van der Waals surface area contributed by atoms with Crippen molar-refractivity contribution >= 4 is 23.2 Å². The third-order valence-corrected chi connectivity index (χ3v) is 3.32. The van der Waals surface area contributed by atoms with Crippen LogP contribution in [0.3, 0.4) is 0 Å². The minimum Gasteiger partial charge on any atom is -0.365 e. The summed E-state index contributed by atoms with van der Waals surface area (Å²) in [4.78, 5) is 11.9. The highest BCUT2D eigenvalue weighted by Crippen LogP contribution is 2.20. The molecule has 2 atom stereocenters. The third kappa shape index (κ3) is 3.47. The van der Waals surface area contributed by atoms with Gasteiger partial charge in [0.25, 0.3) is 5.91 Å². The number of hydrogen-bond acceptors (Lipinski definition) is 2. The molecule has 0 spiro atoms. The first-order valence-electron chi connectivity index (χ1n) is 6.30. The molecule has 2 rings (SSSR count). The van der Waals surface area contributed by atoms with Crippen molar-refractivity contribution in [2.75, 3.05) is 11.2 Å². The number of ether oxygens (including phenoxy) is 1. The van der Waals surface area contributed by atoms with Gasteiger partial charge in [-0.15, -0.1) is 11.6 Å². The number of anilines is 1. The van der Waals surface area contributed by atoms with Gasteiger partial charge in [-0.05, 0) is 43.9 Å². The largest absolute Gasteiger partial charge is 0.365 e. The summed E-state index contributed by atoms with van der Waals surface area (Å²) in [5.41, 5.74) is 1.98. The average Bonchev–Trinajstić information content (AvgIpc) is 2.79. The van der Waals surface area contributed by atoms with E-state index < -0.39 is 0 Å². The van der Waals surface area contributed by atoms with Crippen LogP contribution in [-0.2, 0) is 16.0 Å². The van der Waals surface area contributed by atoms with E-state index in [1.54, 1.807) is 0 Å². The monoisotopic (exact) mass is 267 g/mol. The standard InChI is InChI=1S/C14H18ClNO2/c1-10-2-7-13(18-10)14(17)16-12-5-3-11(4-6-12)8-9-15/h3-6,10,13H,2,7-9H2,1H3,(H,16,17). The maximum Gasteiger partial charge on any atom is 0.253 e. The van der Waals surface area contributed by atoms with E-state index in [1.165, 1.54) is 5.56 Å². The second kappa shape index (κ2) is 6.21. The molecule has 1 heterocycles. The number of aryl methyl sites for hydroxylation is 1. The highest BCUT2D eigenvalue weighted by atomic mass is 35.5. The van der Waals surface area contributed by atoms with Crippen molar-refractivity contribution in [1.29, 1.82) is 0 Å². The Hall–Kier alpha value is -1.06. The van der Waals surface area contributed by atoms with Gasteiger partial charge in [-0.3, -0.25) is 4.79 Å². The second-order valence-corrected chi connectivity index (χ2v) is 5.02. The quantitative estimate of drug-likeness (QED) is 0.852. The molecule has 1 aromatic carbocycles. The molecule has 1 aliphatic rings. The number of hydrogen-bond donors (Lipinski definition) is 1. The molecule has 1 fully saturated rings. The Bertz CT molecular complexity index is 405. The van der Waals surface area contributed by atoms with Gasteiger partial charge in [0.2, 0.25) is 0 Å². The van der Waals surface area contributed by atoms with Crippen molar-refractivity contribution in [2.24, 2.45) is 0 Å². The molecule has 1 N–H and O–H groups in total. The molecular weight excluding hydrogens is 250 g/mol. The van der Waals surface area contributed by atoms with Crippen LogP contribution in [-0.4, -0.2) is 24.0 Å². The van der Waals surface area contributed by atoms with Crippen molar-refractivity contribution in [2.45, 2.75) is 38.4 Å². The summed E-state index contributed by atoms with van der Waals surface area (Å²) in [5, 5.41) is 2.88. The van der Waals surface area contributed by atoms with Crippen LogP contribution < -0.4 is 5.32 Å². The molecule has 0 radical (unpaired) electrons. The van der Waals surface area contributed by atoms with Gasteiger partial charge in [0, 0.05) is 11.6 Å². The fraction of sp³-hybridized carbons (Fsp3) is 0.500. The molecule has 2 unspecified atom stereocenters. The maximum absolute atomic E-state index is 11.9. The summed E-state index contributed by atoms with van der Waals surface area (Å²) in [6.45, 7) is 1.99. The minimum atomic E-state index is -0.303. The zero-order chi connectivity index (χ0) is 13.0. The number of rotatable bonds is 4. The Morgan fingerprint density at radius 2 is 2.11 bits per heavy atom. The molecule has 1 amide bonds. The van der Waals surface area contributed by atoms with E-state index >= 15 is 0 Å². The Morgan fingerprint density at radius 1 is 1.39 bits per heavy atom. The van der Waals surface area contributed by atoms with Crippen LogP contribution >= 0.6 is 11.6 Å². The van der Waals surface area contributed by atoms with Crippen molar-refractivity contribution in [3.8, 4) is 0 Å². The van der Waals surface area contributed by atoms with E-state index in [0.29, 0.717) is 5.88 Å². The predicted octanol–water partition coefficient (Wildman–Crippen LogP) is 2.97. The second-order valence-electron chi connectivity index (χ2n) is 4.64. The van der Waals surface area contributed by atoms with Crippen LogP contribution in [0.1, 0.15) is 25.3 Å². The van der Waals surface area contributed by atoms with E-state index in [1.807, 2.05) is 31.2 Å². The van der Waals surface area contributed by atoms with E-state index in [2.05, 4.69) is 5.32 Å². The number of carbonyl (C=O) groups excluding carboxylic acids is 1. The number of halogens is 1. The Kier molecular flexibility index (Phi) is 4.61. The smallest absolute Gasteiger partial charge is 0.253 e. The molecular formula is C14H18ClNO2. The number of nitrogens with one attached hydrogen (secondary N) is 1. The van der Waals surface area contributed by atoms with Gasteiger partial charge in [0.05, 0.1) is 6.10 Å². The lowest BCUT2D eigenvalue weighted by Gasteiger charge is -2.12. The molecule has 0 saturated carbocycles. The summed E-state index contributed by atoms with van der Waals surface area (Å²) in [6.07, 6.45) is 2.48. The fourth-order valence-corrected chi connectivity index (χ4v) is 2.30. The molecule has 0 aliphatic carbocycles. The summed E-state index contributed by atoms with van der Waals surface area (Å²) < 4.78 is 5.53. The van der Waals surface area contributed by atoms with Crippen LogP contribution in [0.5, 0.6) is 0 Å². The van der Waals surface area contributed by atoms with Gasteiger partial charge in [-0.25, -0.2) is 0 Å². The van der Waals surface area contributed by atoms with Gasteiger partial charge in [-0.2, -0.15) is 0 Å². The van der Waals surface area contributed by atoms with Gasteiger partial charge >= 0.3 is 0 Å². The Morgan fingerprint density at radius 3 is 2.67 bits per heavy atom. The van der Waals surface area contributed by atoms with Crippen molar-refractivity contribution < 1.29 is 9.53 Å². The number of alkyl halides is 1. The van der Waals surface area contributed by atoms with Crippen LogP contribution in [0.25, 0.3) is 0 Å². The molecule has 98 valence electrons. The van der Waals surface area contributed by atoms with Gasteiger partial charge in [-0.1, -0.05) is 12.1 Å². The van der Waals surface area contributed by atoms with Crippen LogP contribution in [0.15, 0.2) is 24.3 Å². The topological polar surface area (TPSA) is 38.3 Å². The Labute approximate surface area is 112 Å². The predicted molar refractivity (Wildman–Crippen MR) is 73.1 cm³/mol. The van der Waals surface area contributed by atoms with E-state index in [9.17, 15) is 4.79 Å². The molecule has 4 heteroatoms. The zero-order valence-electron chi connectivity index (χ0n) is 10.5. The third-order valence-electron chi connectivity index (χ3n) is 3.13. The molecule has 1 saturated heterocycles. The number of amides is 1. The molecule has 1 aromatic rings. The van der Waals surface area contributed by atoms with Gasteiger partial charge < -0.3 is 10.1 Å². The van der Waals surface area contributed by atoms with Crippen molar-refractivity contribution in [3.63, 3.8) is 0 Å². The minimum absolute atomic E-state index is 0.0514. The van der Waals surface area contributed by atoms with E-state index in [4.69, 9.17) is 16.3 Å². The van der Waals surface area contributed by atoms with Crippen LogP contribution in [0, 0.1) is 0 Å². The normalized spacial score (nSPS) is 23.0. The van der Waals surface area contributed by atoms with Gasteiger partial charge in [0.15, 0.2) is 0 Å². The summed E-state index contributed by atoms with van der Waals surface area (Å²) in [7, 11) is 0. The summed E-state index contributed by atoms with van der Waals surface area (Å²) in [6, 6.07) is 7.77. The van der Waals surface area contributed by atoms with E-state index in [0.717, 1.165) is 24.9 Å². The van der Waals surface area contributed by atoms with E-state index in [-0.39, 0.29) is 18.1 Å². The van der Waals surface area contributed by atoms with Crippen LogP contribution in [0.4, 0.5) is 5.69 Å². The summed E-state index contributed by atoms with van der Waals surface area (Å²) >= 11 is 5.67. The average molecular weight is 268 g/mol. The van der Waals surface area contributed by atoms with Crippen molar-refractivity contribution in [1.82, 2.24) is 0 Å². The fourth-order valence-electron chi connectivity index (χ4n) is 2.08. The summed E-state index contributed by atoms with van der Waals surface area (Å²) in [5.74, 6) is 0.559. The Balaban J connectivity index is 1.90. The lowest BCUT2D eigenvalue weighted by Crippen LogP contribution is -2.27. The lowest BCUT2D eigenvalue weighted by atomic mass is 10.1. The highest BCUT2D eigenvalue weighted by Gasteiger charge is 2.27. The zero-order valence-corrected chi connectivity index (χ0v) is 11.2. The SMILES string of the molecule is CC1CCC(C(=O)Nc2ccc(CCCl)cc2)O1. The molecule has 0 bridgehead atoms. The number of benzene rings is 1.